The molecule has 2 amide bonds. The highest BCUT2D eigenvalue weighted by Gasteiger charge is 2.43. The summed E-state index contributed by atoms with van der Waals surface area (Å²) in [5, 5.41) is 8.82. The Morgan fingerprint density at radius 3 is 2.74 bits per heavy atom. The quantitative estimate of drug-likeness (QED) is 0.695. The molecule has 9 heteroatoms. The monoisotopic (exact) mass is 391 g/mol. The first-order valence-corrected chi connectivity index (χ1v) is 9.79. The standard InChI is InChI=1S/C18H25N5O3S/c1-22-9-3-4-14(22)15(24)23-10-5-18(6-11-23,16(25)19-7-12-26-2)21-17-20-8-13-27-17/h3-4,8-9,13H,5-7,10-12H2,1-2H3,(H,19,25)(H,20,21). The zero-order valence-corrected chi connectivity index (χ0v) is 16.4. The number of amides is 2. The van der Waals surface area contributed by atoms with E-state index in [0.29, 0.717) is 49.9 Å². The van der Waals surface area contributed by atoms with Crippen molar-refractivity contribution in [2.24, 2.45) is 7.05 Å². The Kier molecular flexibility index (Phi) is 6.12. The van der Waals surface area contributed by atoms with Crippen molar-refractivity contribution in [3.63, 3.8) is 0 Å². The van der Waals surface area contributed by atoms with Gasteiger partial charge >= 0.3 is 0 Å². The zero-order valence-electron chi connectivity index (χ0n) is 15.6. The van der Waals surface area contributed by atoms with E-state index in [1.807, 2.05) is 35.3 Å². The van der Waals surface area contributed by atoms with Gasteiger partial charge in [0.1, 0.15) is 11.2 Å². The second-order valence-corrected chi connectivity index (χ2v) is 7.48. The number of carbonyl (C=O) groups is 2. The predicted octanol–water partition coefficient (Wildman–Crippen LogP) is 1.33. The van der Waals surface area contributed by atoms with Crippen molar-refractivity contribution in [1.82, 2.24) is 19.8 Å². The SMILES string of the molecule is COCCNC(=O)C1(Nc2nccs2)CCN(C(=O)c2cccn2C)CC1. The molecule has 0 aromatic carbocycles. The molecule has 0 atom stereocenters. The molecule has 1 aliphatic heterocycles. The number of aryl methyl sites for hydroxylation is 1. The number of nitrogens with one attached hydrogen (secondary N) is 2. The summed E-state index contributed by atoms with van der Waals surface area (Å²) < 4.78 is 6.83. The lowest BCUT2D eigenvalue weighted by Crippen LogP contribution is -2.59. The molecule has 2 aromatic rings. The molecule has 0 radical (unpaired) electrons. The molecule has 3 heterocycles. The van der Waals surface area contributed by atoms with E-state index in [4.69, 9.17) is 4.74 Å². The van der Waals surface area contributed by atoms with Crippen molar-refractivity contribution in [3.8, 4) is 0 Å². The van der Waals surface area contributed by atoms with Crippen molar-refractivity contribution in [3.05, 3.63) is 35.6 Å². The summed E-state index contributed by atoms with van der Waals surface area (Å²) in [4.78, 5) is 31.7. The Morgan fingerprint density at radius 1 is 1.37 bits per heavy atom. The fraction of sp³-hybridized carbons (Fsp3) is 0.500. The first-order chi connectivity index (χ1) is 13.1. The van der Waals surface area contributed by atoms with Gasteiger partial charge in [-0.25, -0.2) is 4.98 Å². The minimum Gasteiger partial charge on any atom is -0.383 e. The van der Waals surface area contributed by atoms with Crippen LogP contribution in [0.25, 0.3) is 0 Å². The lowest BCUT2D eigenvalue weighted by atomic mass is 9.86. The number of carbonyl (C=O) groups excluding carboxylic acids is 2. The molecule has 1 fully saturated rings. The van der Waals surface area contributed by atoms with Crippen LogP contribution in [0.3, 0.4) is 0 Å². The summed E-state index contributed by atoms with van der Waals surface area (Å²) in [6.45, 7) is 1.90. The maximum atomic E-state index is 12.9. The third-order valence-corrected chi connectivity index (χ3v) is 5.56. The van der Waals surface area contributed by atoms with E-state index in [0.717, 1.165) is 0 Å². The van der Waals surface area contributed by atoms with Gasteiger partial charge in [-0.3, -0.25) is 9.59 Å². The average molecular weight is 391 g/mol. The molecule has 2 aromatic heterocycles. The van der Waals surface area contributed by atoms with Crippen LogP contribution in [-0.4, -0.2) is 65.2 Å². The molecule has 3 rings (SSSR count). The van der Waals surface area contributed by atoms with Crippen molar-refractivity contribution in [2.45, 2.75) is 18.4 Å². The van der Waals surface area contributed by atoms with Gasteiger partial charge in [-0.1, -0.05) is 0 Å². The molecule has 0 bridgehead atoms. The van der Waals surface area contributed by atoms with Crippen LogP contribution in [0.1, 0.15) is 23.3 Å². The van der Waals surface area contributed by atoms with Gasteiger partial charge < -0.3 is 24.8 Å². The van der Waals surface area contributed by atoms with E-state index in [-0.39, 0.29) is 11.8 Å². The van der Waals surface area contributed by atoms with Crippen LogP contribution in [0, 0.1) is 0 Å². The molecule has 146 valence electrons. The number of likely N-dealkylation sites (tertiary alicyclic amines) is 1. The number of nitrogens with zero attached hydrogens (tertiary/aromatic N) is 3. The average Bonchev–Trinajstić information content (AvgIpc) is 3.33. The number of ether oxygens (including phenoxy) is 1. The topological polar surface area (TPSA) is 88.5 Å². The molecule has 0 saturated carbocycles. The van der Waals surface area contributed by atoms with Crippen LogP contribution in [0.5, 0.6) is 0 Å². The van der Waals surface area contributed by atoms with Crippen molar-refractivity contribution in [2.75, 3.05) is 38.7 Å². The largest absolute Gasteiger partial charge is 0.383 e. The lowest BCUT2D eigenvalue weighted by Gasteiger charge is -2.41. The molecule has 1 saturated heterocycles. The third-order valence-electron chi connectivity index (χ3n) is 4.87. The van der Waals surface area contributed by atoms with Gasteiger partial charge in [0.05, 0.1) is 6.61 Å². The number of thiazole rings is 1. The van der Waals surface area contributed by atoms with E-state index in [9.17, 15) is 9.59 Å². The molecule has 0 aliphatic carbocycles. The summed E-state index contributed by atoms with van der Waals surface area (Å²) in [5.74, 6) is -0.0918. The maximum Gasteiger partial charge on any atom is 0.270 e. The summed E-state index contributed by atoms with van der Waals surface area (Å²) >= 11 is 1.46. The fourth-order valence-corrected chi connectivity index (χ4v) is 3.90. The van der Waals surface area contributed by atoms with Crippen molar-refractivity contribution in [1.29, 1.82) is 0 Å². The van der Waals surface area contributed by atoms with Gasteiger partial charge in [-0.15, -0.1) is 11.3 Å². The minimum absolute atomic E-state index is 0.00913. The van der Waals surface area contributed by atoms with Crippen LogP contribution in [0.2, 0.25) is 0 Å². The van der Waals surface area contributed by atoms with Crippen LogP contribution >= 0.6 is 11.3 Å². The van der Waals surface area contributed by atoms with E-state index in [1.54, 1.807) is 18.2 Å². The molecule has 0 spiro atoms. The summed E-state index contributed by atoms with van der Waals surface area (Å²) in [7, 11) is 3.46. The molecular formula is C18H25N5O3S. The van der Waals surface area contributed by atoms with Crippen molar-refractivity contribution < 1.29 is 14.3 Å². The Hall–Kier alpha value is -2.39. The first kappa shape index (κ1) is 19.4. The second kappa shape index (κ2) is 8.53. The van der Waals surface area contributed by atoms with Gasteiger partial charge in [0.25, 0.3) is 5.91 Å². The summed E-state index contributed by atoms with van der Waals surface area (Å²) in [6, 6.07) is 3.67. The molecule has 2 N–H and O–H groups in total. The number of rotatable bonds is 7. The van der Waals surface area contributed by atoms with Gasteiger partial charge in [-0.2, -0.15) is 0 Å². The highest BCUT2D eigenvalue weighted by Crippen LogP contribution is 2.29. The molecule has 0 unspecified atom stereocenters. The number of hydrogen-bond acceptors (Lipinski definition) is 6. The maximum absolute atomic E-state index is 12.9. The Labute approximate surface area is 162 Å². The Bertz CT molecular complexity index is 766. The number of piperidine rings is 1. The number of anilines is 1. The fourth-order valence-electron chi connectivity index (χ4n) is 3.27. The van der Waals surface area contributed by atoms with Gasteiger partial charge in [0.2, 0.25) is 5.91 Å². The van der Waals surface area contributed by atoms with Crippen molar-refractivity contribution >= 4 is 28.3 Å². The number of aromatic nitrogens is 2. The van der Waals surface area contributed by atoms with E-state index < -0.39 is 5.54 Å². The van der Waals surface area contributed by atoms with Crippen LogP contribution in [-0.2, 0) is 16.6 Å². The zero-order chi connectivity index (χ0) is 19.3. The Morgan fingerprint density at radius 2 is 2.15 bits per heavy atom. The van der Waals surface area contributed by atoms with Gasteiger partial charge in [0.15, 0.2) is 5.13 Å². The van der Waals surface area contributed by atoms with E-state index >= 15 is 0 Å². The lowest BCUT2D eigenvalue weighted by molar-refractivity contribution is -0.127. The van der Waals surface area contributed by atoms with Crippen LogP contribution in [0.4, 0.5) is 5.13 Å². The molecule has 1 aliphatic rings. The smallest absolute Gasteiger partial charge is 0.270 e. The predicted molar refractivity (Wildman–Crippen MR) is 104 cm³/mol. The molecular weight excluding hydrogens is 366 g/mol. The van der Waals surface area contributed by atoms with Gasteiger partial charge in [0, 0.05) is 51.6 Å². The highest BCUT2D eigenvalue weighted by atomic mass is 32.1. The minimum atomic E-state index is -0.781. The summed E-state index contributed by atoms with van der Waals surface area (Å²) in [6.07, 6.45) is 4.59. The van der Waals surface area contributed by atoms with E-state index in [2.05, 4.69) is 15.6 Å². The second-order valence-electron chi connectivity index (χ2n) is 6.59. The third kappa shape index (κ3) is 4.30. The highest BCUT2D eigenvalue weighted by molar-refractivity contribution is 7.13. The normalized spacial score (nSPS) is 16.1. The molecule has 27 heavy (non-hydrogen) atoms. The molecule has 8 nitrogen and oxygen atoms in total. The van der Waals surface area contributed by atoms with Crippen LogP contribution < -0.4 is 10.6 Å². The van der Waals surface area contributed by atoms with E-state index in [1.165, 1.54) is 11.3 Å². The first-order valence-electron chi connectivity index (χ1n) is 8.91. The summed E-state index contributed by atoms with van der Waals surface area (Å²) in [5.41, 5.74) is -0.128. The number of methoxy groups -OCH3 is 1. The van der Waals surface area contributed by atoms with Gasteiger partial charge in [-0.05, 0) is 25.0 Å². The Balaban J connectivity index is 1.70. The van der Waals surface area contributed by atoms with Crippen LogP contribution in [0.15, 0.2) is 29.9 Å². The number of hydrogen-bond donors (Lipinski definition) is 2.